The highest BCUT2D eigenvalue weighted by Gasteiger charge is 2.20. The van der Waals surface area contributed by atoms with Crippen molar-refractivity contribution >= 4 is 29.8 Å². The molecule has 0 aliphatic rings. The number of carbonyl (C=O) groups excluding carboxylic acids is 5. The van der Waals surface area contributed by atoms with Gasteiger partial charge >= 0.3 is 24.0 Å². The molecule has 1 heterocycles. The van der Waals surface area contributed by atoms with Gasteiger partial charge in [0.25, 0.3) is 0 Å². The minimum atomic E-state index is -1.08. The summed E-state index contributed by atoms with van der Waals surface area (Å²) < 4.78 is 21.4. The third kappa shape index (κ3) is 11.2. The number of aryl methyl sites for hydroxylation is 1. The van der Waals surface area contributed by atoms with Gasteiger partial charge in [-0.15, -0.1) is 0 Å². The highest BCUT2D eigenvalue weighted by molar-refractivity contribution is 6.32. The Morgan fingerprint density at radius 1 is 1.06 bits per heavy atom. The molecule has 0 radical (unpaired) electrons. The zero-order chi connectivity index (χ0) is 23.2. The summed E-state index contributed by atoms with van der Waals surface area (Å²) in [6.45, 7) is 5.21. The minimum Gasteiger partial charge on any atom is -0.462 e. The van der Waals surface area contributed by atoms with Crippen LogP contribution in [0, 0.1) is 0 Å². The van der Waals surface area contributed by atoms with Crippen LogP contribution in [-0.4, -0.2) is 71.8 Å². The molecule has 0 spiro atoms. The van der Waals surface area contributed by atoms with Crippen LogP contribution in [0.2, 0.25) is 0 Å². The van der Waals surface area contributed by atoms with Crippen LogP contribution in [0.25, 0.3) is 0 Å². The van der Waals surface area contributed by atoms with Crippen LogP contribution in [0.5, 0.6) is 0 Å². The van der Waals surface area contributed by atoms with E-state index in [0.717, 1.165) is 6.92 Å². The maximum atomic E-state index is 11.9. The fourth-order valence-electron chi connectivity index (χ4n) is 1.90. The van der Waals surface area contributed by atoms with Gasteiger partial charge in [0.1, 0.15) is 19.8 Å². The molecule has 0 fully saturated rings. The lowest BCUT2D eigenvalue weighted by molar-refractivity contribution is -0.152. The van der Waals surface area contributed by atoms with Crippen molar-refractivity contribution in [1.82, 2.24) is 14.9 Å². The van der Waals surface area contributed by atoms with Crippen LogP contribution in [0.1, 0.15) is 20.3 Å². The first-order valence-electron chi connectivity index (χ1n) is 9.25. The average molecular weight is 439 g/mol. The van der Waals surface area contributed by atoms with Crippen LogP contribution in [-0.2, 0) is 44.7 Å². The second-order valence-corrected chi connectivity index (χ2v) is 6.26. The number of nitrogens with one attached hydrogen (secondary N) is 1. The molecule has 0 saturated carbocycles. The van der Waals surface area contributed by atoms with Crippen molar-refractivity contribution in [2.45, 2.75) is 32.9 Å². The van der Waals surface area contributed by atoms with Crippen molar-refractivity contribution in [1.29, 1.82) is 0 Å². The summed E-state index contributed by atoms with van der Waals surface area (Å²) in [6, 6.07) is 0. The molecule has 1 atom stereocenters. The monoisotopic (exact) mass is 439 g/mol. The number of hydrogen-bond donors (Lipinski definition) is 1. The van der Waals surface area contributed by atoms with Crippen molar-refractivity contribution in [3.8, 4) is 0 Å². The SMILES string of the molecule is C=C(C)C(=O)OCC(COC(=O)CCn1ccnc1)OC(=O)NCCOC(=O)C(C)=O. The normalized spacial score (nSPS) is 11.0. The van der Waals surface area contributed by atoms with Crippen molar-refractivity contribution in [2.24, 2.45) is 0 Å². The fraction of sp³-hybridized carbons (Fsp3) is 0.474. The topological polar surface area (TPSA) is 152 Å². The number of aromatic nitrogens is 2. The van der Waals surface area contributed by atoms with Crippen LogP contribution >= 0.6 is 0 Å². The van der Waals surface area contributed by atoms with E-state index in [1.807, 2.05) is 0 Å². The van der Waals surface area contributed by atoms with E-state index in [2.05, 4.69) is 21.6 Å². The van der Waals surface area contributed by atoms with Gasteiger partial charge in [0.05, 0.1) is 19.3 Å². The number of amides is 1. The van der Waals surface area contributed by atoms with Gasteiger partial charge in [-0.3, -0.25) is 9.59 Å². The molecule has 1 amide bonds. The third-order valence-corrected chi connectivity index (χ3v) is 3.48. The first kappa shape index (κ1) is 25.3. The number of nitrogens with zero attached hydrogens (tertiary/aromatic N) is 2. The minimum absolute atomic E-state index is 0.0579. The van der Waals surface area contributed by atoms with Crippen molar-refractivity contribution < 1.29 is 42.9 Å². The zero-order valence-corrected chi connectivity index (χ0v) is 17.3. The van der Waals surface area contributed by atoms with Gasteiger partial charge in [0, 0.05) is 31.4 Å². The summed E-state index contributed by atoms with van der Waals surface area (Å²) in [5, 5.41) is 2.29. The largest absolute Gasteiger partial charge is 0.462 e. The molecule has 0 aromatic carbocycles. The quantitative estimate of drug-likeness (QED) is 0.148. The number of Topliss-reactive ketones (excluding diaryl/α,β-unsaturated/α-hetero) is 1. The number of ketones is 1. The fourth-order valence-corrected chi connectivity index (χ4v) is 1.90. The van der Waals surface area contributed by atoms with Crippen molar-refractivity contribution in [3.05, 3.63) is 30.9 Å². The first-order chi connectivity index (χ1) is 14.7. The second kappa shape index (κ2) is 13.5. The maximum Gasteiger partial charge on any atom is 0.407 e. The van der Waals surface area contributed by atoms with Gasteiger partial charge < -0.3 is 28.8 Å². The van der Waals surface area contributed by atoms with Gasteiger partial charge in [-0.1, -0.05) is 6.58 Å². The van der Waals surface area contributed by atoms with Crippen LogP contribution in [0.15, 0.2) is 30.9 Å². The molecule has 170 valence electrons. The molecular weight excluding hydrogens is 414 g/mol. The molecule has 0 bridgehead atoms. The van der Waals surface area contributed by atoms with Gasteiger partial charge in [-0.25, -0.2) is 19.4 Å². The Balaban J connectivity index is 2.45. The van der Waals surface area contributed by atoms with Gasteiger partial charge in [0.2, 0.25) is 5.78 Å². The van der Waals surface area contributed by atoms with E-state index in [-0.39, 0.29) is 38.4 Å². The zero-order valence-electron chi connectivity index (χ0n) is 17.3. The van der Waals surface area contributed by atoms with Gasteiger partial charge in [-0.2, -0.15) is 0 Å². The number of esters is 3. The Hall–Kier alpha value is -3.70. The van der Waals surface area contributed by atoms with E-state index in [4.69, 9.17) is 14.2 Å². The van der Waals surface area contributed by atoms with Crippen molar-refractivity contribution in [3.63, 3.8) is 0 Å². The van der Waals surface area contributed by atoms with Crippen molar-refractivity contribution in [2.75, 3.05) is 26.4 Å². The smallest absolute Gasteiger partial charge is 0.407 e. The Kier molecular flexibility index (Phi) is 11.0. The standard InChI is InChI=1S/C19H25N3O9/c1-13(2)17(25)30-11-15(10-29-16(24)4-7-22-8-5-20-12-22)31-19(27)21-6-9-28-18(26)14(3)23/h5,8,12,15H,1,4,6-7,9-11H2,2-3H3,(H,21,27). The maximum absolute atomic E-state index is 11.9. The number of rotatable bonds is 13. The van der Waals surface area contributed by atoms with Crippen LogP contribution in [0.4, 0.5) is 4.79 Å². The molecular formula is C19H25N3O9. The van der Waals surface area contributed by atoms with E-state index in [1.165, 1.54) is 6.92 Å². The van der Waals surface area contributed by atoms with E-state index < -0.39 is 35.9 Å². The lowest BCUT2D eigenvalue weighted by Crippen LogP contribution is -2.37. The number of carbonyl (C=O) groups is 5. The molecule has 31 heavy (non-hydrogen) atoms. The lowest BCUT2D eigenvalue weighted by atomic mass is 10.3. The lowest BCUT2D eigenvalue weighted by Gasteiger charge is -2.18. The third-order valence-electron chi connectivity index (χ3n) is 3.48. The molecule has 12 nitrogen and oxygen atoms in total. The molecule has 12 heteroatoms. The van der Waals surface area contributed by atoms with E-state index >= 15 is 0 Å². The number of alkyl carbamates (subject to hydrolysis) is 1. The summed E-state index contributed by atoms with van der Waals surface area (Å²) in [7, 11) is 0. The highest BCUT2D eigenvalue weighted by Crippen LogP contribution is 2.02. The average Bonchev–Trinajstić information content (AvgIpc) is 3.24. The Morgan fingerprint density at radius 2 is 1.77 bits per heavy atom. The molecule has 1 aromatic heterocycles. The summed E-state index contributed by atoms with van der Waals surface area (Å²) in [4.78, 5) is 61.0. The van der Waals surface area contributed by atoms with Crippen LogP contribution < -0.4 is 5.32 Å². The second-order valence-electron chi connectivity index (χ2n) is 6.26. The first-order valence-corrected chi connectivity index (χ1v) is 9.25. The van der Waals surface area contributed by atoms with Crippen LogP contribution in [0.3, 0.4) is 0 Å². The molecule has 0 saturated heterocycles. The predicted molar refractivity (Wildman–Crippen MR) is 103 cm³/mol. The van der Waals surface area contributed by atoms with Gasteiger partial charge in [0.15, 0.2) is 6.10 Å². The van der Waals surface area contributed by atoms with E-state index in [0.29, 0.717) is 6.54 Å². The summed E-state index contributed by atoms with van der Waals surface area (Å²) in [5.74, 6) is -3.04. The molecule has 1 aromatic rings. The Morgan fingerprint density at radius 3 is 2.39 bits per heavy atom. The number of ether oxygens (including phenoxy) is 4. The molecule has 1 N–H and O–H groups in total. The molecule has 0 aliphatic carbocycles. The van der Waals surface area contributed by atoms with E-state index in [1.54, 1.807) is 23.3 Å². The summed E-state index contributed by atoms with van der Waals surface area (Å²) in [5.41, 5.74) is 0.146. The summed E-state index contributed by atoms with van der Waals surface area (Å²) in [6.07, 6.45) is 2.86. The highest BCUT2D eigenvalue weighted by atomic mass is 16.6. The van der Waals surface area contributed by atoms with Gasteiger partial charge in [-0.05, 0) is 6.92 Å². The number of hydrogen-bond acceptors (Lipinski definition) is 10. The summed E-state index contributed by atoms with van der Waals surface area (Å²) >= 11 is 0. The Bertz CT molecular complexity index is 790. The predicted octanol–water partition coefficient (Wildman–Crippen LogP) is 0.163. The molecule has 0 aliphatic heterocycles. The Labute approximate surface area is 178 Å². The van der Waals surface area contributed by atoms with E-state index in [9.17, 15) is 24.0 Å². The molecule has 1 rings (SSSR count). The number of imidazole rings is 1. The molecule has 1 unspecified atom stereocenters.